The lowest BCUT2D eigenvalue weighted by Gasteiger charge is -2.38. The molecule has 128 valence electrons. The summed E-state index contributed by atoms with van der Waals surface area (Å²) in [6.45, 7) is 4.03. The molecule has 0 fully saturated rings. The number of allylic oxidation sites excluding steroid dienone is 2. The Hall–Kier alpha value is -2.14. The molecule has 1 aliphatic heterocycles. The molecule has 0 radical (unpaired) electrons. The number of nitro benzene ring substituents is 1. The summed E-state index contributed by atoms with van der Waals surface area (Å²) in [6.07, 6.45) is 5.43. The van der Waals surface area contributed by atoms with Gasteiger partial charge < -0.3 is 5.32 Å². The summed E-state index contributed by atoms with van der Waals surface area (Å²) in [7, 11) is 0. The molecule has 1 aliphatic carbocycles. The van der Waals surface area contributed by atoms with Crippen LogP contribution in [0.15, 0.2) is 47.0 Å². The fraction of sp³-hybridized carbons (Fsp3) is 0.300. The van der Waals surface area contributed by atoms with E-state index < -0.39 is 0 Å². The van der Waals surface area contributed by atoms with E-state index in [1.807, 2.05) is 19.1 Å². The number of benzene rings is 2. The van der Waals surface area contributed by atoms with Crippen molar-refractivity contribution in [3.05, 3.63) is 79.3 Å². The minimum absolute atomic E-state index is 0.0707. The van der Waals surface area contributed by atoms with Gasteiger partial charge in [0, 0.05) is 16.5 Å². The van der Waals surface area contributed by atoms with Crippen LogP contribution in [0, 0.1) is 29.9 Å². The Kier molecular flexibility index (Phi) is 3.91. The molecule has 2 aromatic carbocycles. The van der Waals surface area contributed by atoms with E-state index in [0.717, 1.165) is 27.6 Å². The molecular weight excluding hydrogens is 380 g/mol. The van der Waals surface area contributed by atoms with Crippen molar-refractivity contribution in [3.8, 4) is 0 Å². The van der Waals surface area contributed by atoms with E-state index in [0.29, 0.717) is 11.6 Å². The van der Waals surface area contributed by atoms with Gasteiger partial charge in [-0.3, -0.25) is 10.1 Å². The summed E-state index contributed by atoms with van der Waals surface area (Å²) in [4.78, 5) is 11.4. The second-order valence-corrected chi connectivity index (χ2v) is 7.83. The number of nitro groups is 1. The summed E-state index contributed by atoms with van der Waals surface area (Å²) < 4.78 is 1.03. The zero-order valence-electron chi connectivity index (χ0n) is 14.1. The topological polar surface area (TPSA) is 55.2 Å². The van der Waals surface area contributed by atoms with Crippen LogP contribution in [0.3, 0.4) is 0 Å². The molecule has 0 bridgehead atoms. The molecule has 25 heavy (non-hydrogen) atoms. The van der Waals surface area contributed by atoms with Crippen molar-refractivity contribution in [2.75, 3.05) is 5.32 Å². The first kappa shape index (κ1) is 16.3. The normalized spacial score (nSPS) is 23.7. The van der Waals surface area contributed by atoms with Gasteiger partial charge in [-0.25, -0.2) is 0 Å². The van der Waals surface area contributed by atoms with Crippen LogP contribution < -0.4 is 5.32 Å². The van der Waals surface area contributed by atoms with Crippen molar-refractivity contribution in [3.63, 3.8) is 0 Å². The highest BCUT2D eigenvalue weighted by atomic mass is 79.9. The van der Waals surface area contributed by atoms with Crippen LogP contribution in [0.4, 0.5) is 11.4 Å². The molecule has 5 heteroatoms. The number of fused-ring (bicyclic) bond motifs is 3. The van der Waals surface area contributed by atoms with Gasteiger partial charge in [-0.15, -0.1) is 0 Å². The third-order valence-electron chi connectivity index (χ3n) is 5.57. The number of hydrogen-bond acceptors (Lipinski definition) is 3. The number of anilines is 1. The third kappa shape index (κ3) is 2.58. The van der Waals surface area contributed by atoms with Gasteiger partial charge in [0.15, 0.2) is 0 Å². The SMILES string of the molecule is Cc1cc([N+](=O)[O-])c2c(c1C)[C@@H]1C=CC[C@H]1[C@H](c1ccc(Br)cc1)N2. The number of aryl methyl sites for hydroxylation is 1. The van der Waals surface area contributed by atoms with E-state index in [-0.39, 0.29) is 22.6 Å². The summed E-state index contributed by atoms with van der Waals surface area (Å²) in [6, 6.07) is 10.0. The smallest absolute Gasteiger partial charge is 0.292 e. The molecular formula is C20H19BrN2O2. The number of nitrogens with zero attached hydrogens (tertiary/aromatic N) is 1. The van der Waals surface area contributed by atoms with Crippen LogP contribution >= 0.6 is 15.9 Å². The lowest BCUT2D eigenvalue weighted by molar-refractivity contribution is -0.384. The van der Waals surface area contributed by atoms with Crippen molar-refractivity contribution in [2.24, 2.45) is 5.92 Å². The highest BCUT2D eigenvalue weighted by molar-refractivity contribution is 9.10. The Bertz CT molecular complexity index is 890. The minimum atomic E-state index is -0.268. The first-order chi connectivity index (χ1) is 12.0. The third-order valence-corrected chi connectivity index (χ3v) is 6.10. The Morgan fingerprint density at radius 2 is 1.96 bits per heavy atom. The Balaban J connectivity index is 1.90. The maximum Gasteiger partial charge on any atom is 0.292 e. The first-order valence-corrected chi connectivity index (χ1v) is 9.24. The molecule has 0 saturated heterocycles. The average Bonchev–Trinajstić information content (AvgIpc) is 3.07. The van der Waals surface area contributed by atoms with E-state index in [1.54, 1.807) is 6.07 Å². The summed E-state index contributed by atoms with van der Waals surface area (Å²) in [5.74, 6) is 0.609. The molecule has 0 saturated carbocycles. The van der Waals surface area contributed by atoms with E-state index in [1.165, 1.54) is 5.56 Å². The van der Waals surface area contributed by atoms with Crippen LogP contribution in [0.2, 0.25) is 0 Å². The maximum atomic E-state index is 11.7. The monoisotopic (exact) mass is 398 g/mol. The van der Waals surface area contributed by atoms with E-state index in [9.17, 15) is 10.1 Å². The molecule has 3 atom stereocenters. The molecule has 4 rings (SSSR count). The predicted octanol–water partition coefficient (Wildman–Crippen LogP) is 5.80. The van der Waals surface area contributed by atoms with Gasteiger partial charge in [0.1, 0.15) is 5.69 Å². The van der Waals surface area contributed by atoms with Crippen molar-refractivity contribution >= 4 is 27.3 Å². The maximum absolute atomic E-state index is 11.7. The Labute approximate surface area is 155 Å². The van der Waals surface area contributed by atoms with Gasteiger partial charge in [-0.05, 0) is 60.6 Å². The fourth-order valence-electron chi connectivity index (χ4n) is 4.22. The minimum Gasteiger partial charge on any atom is -0.372 e. The summed E-state index contributed by atoms with van der Waals surface area (Å²) in [5.41, 5.74) is 5.27. The van der Waals surface area contributed by atoms with Crippen LogP contribution in [-0.2, 0) is 0 Å². The van der Waals surface area contributed by atoms with Gasteiger partial charge >= 0.3 is 0 Å². The van der Waals surface area contributed by atoms with Crippen LogP contribution in [0.5, 0.6) is 0 Å². The molecule has 0 spiro atoms. The quantitative estimate of drug-likeness (QED) is 0.395. The molecule has 1 heterocycles. The Morgan fingerprint density at radius 1 is 1.24 bits per heavy atom. The Morgan fingerprint density at radius 3 is 2.64 bits per heavy atom. The lowest BCUT2D eigenvalue weighted by atomic mass is 9.74. The summed E-state index contributed by atoms with van der Waals surface area (Å²) in [5, 5.41) is 15.2. The number of halogens is 1. The van der Waals surface area contributed by atoms with Gasteiger partial charge in [0.2, 0.25) is 0 Å². The molecule has 0 unspecified atom stereocenters. The van der Waals surface area contributed by atoms with E-state index >= 15 is 0 Å². The molecule has 4 nitrogen and oxygen atoms in total. The zero-order valence-corrected chi connectivity index (χ0v) is 15.7. The van der Waals surface area contributed by atoms with Crippen LogP contribution in [0.25, 0.3) is 0 Å². The van der Waals surface area contributed by atoms with E-state index in [2.05, 4.69) is 52.5 Å². The average molecular weight is 399 g/mol. The van der Waals surface area contributed by atoms with Crippen molar-refractivity contribution < 1.29 is 4.92 Å². The standard InChI is InChI=1S/C20H19BrN2O2/c1-11-10-17(23(24)25)20-18(12(11)2)15-4-3-5-16(15)19(22-20)13-6-8-14(21)9-7-13/h3-4,6-10,15-16,19,22H,5H2,1-2H3/t15-,16-,19+/m1/s1. The molecule has 2 aliphatic rings. The lowest BCUT2D eigenvalue weighted by Crippen LogP contribution is -2.30. The second kappa shape index (κ2) is 5.99. The highest BCUT2D eigenvalue weighted by Crippen LogP contribution is 2.53. The number of hydrogen-bond donors (Lipinski definition) is 1. The van der Waals surface area contributed by atoms with E-state index in [4.69, 9.17) is 0 Å². The molecule has 2 aromatic rings. The number of rotatable bonds is 2. The van der Waals surface area contributed by atoms with Gasteiger partial charge in [-0.2, -0.15) is 0 Å². The van der Waals surface area contributed by atoms with Gasteiger partial charge in [0.25, 0.3) is 5.69 Å². The number of nitrogens with one attached hydrogen (secondary N) is 1. The van der Waals surface area contributed by atoms with Crippen molar-refractivity contribution in [1.82, 2.24) is 0 Å². The molecule has 0 amide bonds. The second-order valence-electron chi connectivity index (χ2n) is 6.91. The van der Waals surface area contributed by atoms with Crippen LogP contribution in [0.1, 0.15) is 40.6 Å². The van der Waals surface area contributed by atoms with Crippen molar-refractivity contribution in [1.29, 1.82) is 0 Å². The van der Waals surface area contributed by atoms with Crippen LogP contribution in [-0.4, -0.2) is 4.92 Å². The predicted molar refractivity (Wildman–Crippen MR) is 103 cm³/mol. The van der Waals surface area contributed by atoms with Gasteiger partial charge in [0.05, 0.1) is 11.0 Å². The fourth-order valence-corrected chi connectivity index (χ4v) is 4.49. The first-order valence-electron chi connectivity index (χ1n) is 8.44. The highest BCUT2D eigenvalue weighted by Gasteiger charge is 2.41. The zero-order chi connectivity index (χ0) is 17.7. The largest absolute Gasteiger partial charge is 0.372 e. The summed E-state index contributed by atoms with van der Waals surface area (Å²) >= 11 is 3.48. The van der Waals surface area contributed by atoms with Crippen molar-refractivity contribution in [2.45, 2.75) is 32.2 Å². The molecule has 1 N–H and O–H groups in total. The van der Waals surface area contributed by atoms with Gasteiger partial charge in [-0.1, -0.05) is 40.2 Å². The molecule has 0 aromatic heterocycles.